The molecule has 19 heavy (non-hydrogen) atoms. The number of rotatable bonds is 5. The second kappa shape index (κ2) is 5.72. The molecule has 0 fully saturated rings. The third-order valence-electron chi connectivity index (χ3n) is 2.48. The summed E-state index contributed by atoms with van der Waals surface area (Å²) >= 11 is 1.37. The van der Waals surface area contributed by atoms with Gasteiger partial charge in [-0.3, -0.25) is 0 Å². The lowest BCUT2D eigenvalue weighted by Gasteiger charge is -2.06. The van der Waals surface area contributed by atoms with E-state index in [-0.39, 0.29) is 11.4 Å². The number of nitrogens with zero attached hydrogens (tertiary/aromatic N) is 2. The largest absolute Gasteiger partial charge is 0.240 e. The smallest absolute Gasteiger partial charge is 0.211 e. The lowest BCUT2D eigenvalue weighted by molar-refractivity contribution is 0.580. The van der Waals surface area contributed by atoms with Crippen LogP contribution in [-0.4, -0.2) is 25.2 Å². The van der Waals surface area contributed by atoms with Crippen molar-refractivity contribution >= 4 is 21.4 Å². The third kappa shape index (κ3) is 3.55. The van der Waals surface area contributed by atoms with Crippen molar-refractivity contribution in [2.75, 3.05) is 6.54 Å². The molecule has 0 saturated heterocycles. The van der Waals surface area contributed by atoms with Gasteiger partial charge in [0.15, 0.2) is 0 Å². The minimum Gasteiger partial charge on any atom is -0.211 e. The van der Waals surface area contributed by atoms with Gasteiger partial charge in [-0.05, 0) is 30.7 Å². The summed E-state index contributed by atoms with van der Waals surface area (Å²) in [4.78, 5) is 0.0589. The van der Waals surface area contributed by atoms with Crippen LogP contribution < -0.4 is 4.72 Å². The first-order valence-electron chi connectivity index (χ1n) is 5.50. The maximum Gasteiger partial charge on any atom is 0.240 e. The van der Waals surface area contributed by atoms with E-state index in [4.69, 9.17) is 0 Å². The maximum absolute atomic E-state index is 13.1. The number of aromatic nitrogens is 2. The molecule has 2 rings (SSSR count). The Balaban J connectivity index is 2.03. The molecule has 5 nitrogen and oxygen atoms in total. The Labute approximate surface area is 114 Å². The second-order valence-corrected chi connectivity index (χ2v) is 6.58. The Morgan fingerprint density at radius 3 is 2.84 bits per heavy atom. The number of hydrogen-bond acceptors (Lipinski definition) is 5. The van der Waals surface area contributed by atoms with Crippen molar-refractivity contribution in [2.24, 2.45) is 0 Å². The molecule has 0 aliphatic heterocycles. The minimum atomic E-state index is -3.61. The van der Waals surface area contributed by atoms with E-state index >= 15 is 0 Å². The van der Waals surface area contributed by atoms with Crippen LogP contribution in [0, 0.1) is 12.7 Å². The Kier molecular flexibility index (Phi) is 4.23. The molecule has 0 spiro atoms. The summed E-state index contributed by atoms with van der Waals surface area (Å²) in [6.07, 6.45) is 0.476. The van der Waals surface area contributed by atoms with Gasteiger partial charge in [0, 0.05) is 13.0 Å². The zero-order chi connectivity index (χ0) is 13.9. The van der Waals surface area contributed by atoms with Gasteiger partial charge in [-0.1, -0.05) is 0 Å². The average Bonchev–Trinajstić information content (AvgIpc) is 2.85. The molecule has 0 bridgehead atoms. The molecule has 0 unspecified atom stereocenters. The molecule has 0 amide bonds. The number of aryl methyl sites for hydroxylation is 1. The second-order valence-electron chi connectivity index (χ2n) is 3.89. The van der Waals surface area contributed by atoms with Crippen LogP contribution in [-0.2, 0) is 16.4 Å². The van der Waals surface area contributed by atoms with Crippen molar-refractivity contribution < 1.29 is 12.8 Å². The van der Waals surface area contributed by atoms with Gasteiger partial charge in [0.05, 0.1) is 4.90 Å². The number of halogens is 1. The highest BCUT2D eigenvalue weighted by Crippen LogP contribution is 2.14. The molecule has 1 aromatic carbocycles. The molecule has 8 heteroatoms. The van der Waals surface area contributed by atoms with Crippen molar-refractivity contribution in [1.29, 1.82) is 0 Å². The van der Waals surface area contributed by atoms with E-state index in [1.165, 1.54) is 30.4 Å². The topological polar surface area (TPSA) is 72.0 Å². The SMILES string of the molecule is Cc1cc(S(=O)(=O)NCCc2nncs2)ccc1F. The van der Waals surface area contributed by atoms with Crippen LogP contribution in [0.5, 0.6) is 0 Å². The van der Waals surface area contributed by atoms with Crippen LogP contribution in [0.2, 0.25) is 0 Å². The van der Waals surface area contributed by atoms with Crippen LogP contribution in [0.1, 0.15) is 10.6 Å². The molecule has 1 heterocycles. The van der Waals surface area contributed by atoms with E-state index in [9.17, 15) is 12.8 Å². The fourth-order valence-electron chi connectivity index (χ4n) is 1.46. The molecular weight excluding hydrogens is 289 g/mol. The standard InChI is InChI=1S/C11H12FN3O2S2/c1-8-6-9(2-3-10(8)12)19(16,17)14-5-4-11-15-13-7-18-11/h2-3,6-7,14H,4-5H2,1H3. The third-order valence-corrected chi connectivity index (χ3v) is 4.69. The summed E-state index contributed by atoms with van der Waals surface area (Å²) in [6, 6.07) is 3.70. The van der Waals surface area contributed by atoms with Crippen LogP contribution in [0.4, 0.5) is 4.39 Å². The Morgan fingerprint density at radius 1 is 1.42 bits per heavy atom. The van der Waals surface area contributed by atoms with Crippen LogP contribution >= 0.6 is 11.3 Å². The Bertz CT molecular complexity index is 657. The molecule has 0 saturated carbocycles. The monoisotopic (exact) mass is 301 g/mol. The molecule has 1 N–H and O–H groups in total. The summed E-state index contributed by atoms with van der Waals surface area (Å²) in [5.74, 6) is -0.423. The molecule has 102 valence electrons. The lowest BCUT2D eigenvalue weighted by Crippen LogP contribution is -2.26. The molecule has 0 aliphatic carbocycles. The normalized spacial score (nSPS) is 11.7. The van der Waals surface area contributed by atoms with Crippen molar-refractivity contribution in [1.82, 2.24) is 14.9 Å². The van der Waals surface area contributed by atoms with Crippen molar-refractivity contribution in [3.63, 3.8) is 0 Å². The van der Waals surface area contributed by atoms with E-state index in [0.717, 1.165) is 11.1 Å². The summed E-state index contributed by atoms with van der Waals surface area (Å²) in [6.45, 7) is 1.75. The average molecular weight is 301 g/mol. The molecular formula is C11H12FN3O2S2. The molecule has 0 radical (unpaired) electrons. The first kappa shape index (κ1) is 14.0. The fourth-order valence-corrected chi connectivity index (χ4v) is 3.11. The minimum absolute atomic E-state index is 0.0589. The predicted octanol–water partition coefficient (Wildman–Crippen LogP) is 1.51. The molecule has 0 aliphatic rings. The van der Waals surface area contributed by atoms with Crippen LogP contribution in [0.3, 0.4) is 0 Å². The quantitative estimate of drug-likeness (QED) is 0.908. The zero-order valence-corrected chi connectivity index (χ0v) is 11.8. The van der Waals surface area contributed by atoms with Gasteiger partial charge >= 0.3 is 0 Å². The van der Waals surface area contributed by atoms with Gasteiger partial charge in [0.2, 0.25) is 10.0 Å². The summed E-state index contributed by atoms with van der Waals surface area (Å²) in [7, 11) is -3.61. The Hall–Kier alpha value is -1.38. The van der Waals surface area contributed by atoms with Gasteiger partial charge in [-0.25, -0.2) is 17.5 Å². The van der Waals surface area contributed by atoms with E-state index in [1.54, 1.807) is 5.51 Å². The summed E-state index contributed by atoms with van der Waals surface area (Å²) < 4.78 is 39.5. The van der Waals surface area contributed by atoms with Crippen LogP contribution in [0.15, 0.2) is 28.6 Å². The van der Waals surface area contributed by atoms with Gasteiger partial charge in [-0.15, -0.1) is 21.5 Å². The summed E-state index contributed by atoms with van der Waals surface area (Å²) in [5, 5.41) is 8.25. The first-order chi connectivity index (χ1) is 8.99. The Morgan fingerprint density at radius 2 is 2.21 bits per heavy atom. The summed E-state index contributed by atoms with van der Waals surface area (Å²) in [5.41, 5.74) is 1.89. The molecule has 2 aromatic rings. The number of sulfonamides is 1. The highest BCUT2D eigenvalue weighted by molar-refractivity contribution is 7.89. The first-order valence-corrected chi connectivity index (χ1v) is 7.86. The number of hydrogen-bond donors (Lipinski definition) is 1. The van der Waals surface area contributed by atoms with Crippen molar-refractivity contribution in [3.8, 4) is 0 Å². The lowest BCUT2D eigenvalue weighted by atomic mass is 10.2. The highest BCUT2D eigenvalue weighted by atomic mass is 32.2. The van der Waals surface area contributed by atoms with Gasteiger partial charge in [0.1, 0.15) is 16.3 Å². The van der Waals surface area contributed by atoms with Crippen molar-refractivity contribution in [2.45, 2.75) is 18.2 Å². The van der Waals surface area contributed by atoms with E-state index in [0.29, 0.717) is 12.0 Å². The zero-order valence-electron chi connectivity index (χ0n) is 10.1. The molecule has 1 aromatic heterocycles. The van der Waals surface area contributed by atoms with Crippen molar-refractivity contribution in [3.05, 3.63) is 40.1 Å². The van der Waals surface area contributed by atoms with Crippen LogP contribution in [0.25, 0.3) is 0 Å². The van der Waals surface area contributed by atoms with Gasteiger partial charge in [-0.2, -0.15) is 0 Å². The van der Waals surface area contributed by atoms with E-state index in [1.807, 2.05) is 0 Å². The van der Waals surface area contributed by atoms with Gasteiger partial charge < -0.3 is 0 Å². The maximum atomic E-state index is 13.1. The van der Waals surface area contributed by atoms with E-state index < -0.39 is 15.8 Å². The highest BCUT2D eigenvalue weighted by Gasteiger charge is 2.14. The number of benzene rings is 1. The number of nitrogens with one attached hydrogen (secondary N) is 1. The predicted molar refractivity (Wildman–Crippen MR) is 69.9 cm³/mol. The fraction of sp³-hybridized carbons (Fsp3) is 0.273. The molecule has 0 atom stereocenters. The van der Waals surface area contributed by atoms with Gasteiger partial charge in [0.25, 0.3) is 0 Å². The van der Waals surface area contributed by atoms with E-state index in [2.05, 4.69) is 14.9 Å².